The molecule has 1 aromatic rings. The number of nitrogens with one attached hydrogen (secondary N) is 1. The summed E-state index contributed by atoms with van der Waals surface area (Å²) in [7, 11) is 3.00. The van der Waals surface area contributed by atoms with Gasteiger partial charge in [0.05, 0.1) is 14.2 Å². The van der Waals surface area contributed by atoms with E-state index in [1.54, 1.807) is 12.1 Å². The Balaban J connectivity index is 3.13. The van der Waals surface area contributed by atoms with Crippen molar-refractivity contribution in [2.45, 2.75) is 0 Å². The number of hydrogen-bond acceptors (Lipinski definition) is 4. The predicted molar refractivity (Wildman–Crippen MR) is 48.4 cm³/mol. The minimum atomic E-state index is -0.0963. The van der Waals surface area contributed by atoms with Crippen molar-refractivity contribution >= 4 is 5.84 Å². The number of nitrogens with two attached hydrogens (primary N) is 1. The Bertz CT molecular complexity index is 325. The summed E-state index contributed by atoms with van der Waals surface area (Å²) in [6.45, 7) is 0. The minimum absolute atomic E-state index is 0.0963. The first kappa shape index (κ1) is 9.31. The lowest BCUT2D eigenvalue weighted by Crippen LogP contribution is -2.13. The molecule has 1 aromatic heterocycles. The van der Waals surface area contributed by atoms with Crippen LogP contribution in [0.1, 0.15) is 5.69 Å². The van der Waals surface area contributed by atoms with Crippen molar-refractivity contribution in [1.82, 2.24) is 4.98 Å². The molecule has 1 rings (SSSR count). The van der Waals surface area contributed by atoms with Gasteiger partial charge in [0.2, 0.25) is 0 Å². The van der Waals surface area contributed by atoms with Crippen LogP contribution in [0.15, 0.2) is 12.1 Å². The van der Waals surface area contributed by atoms with E-state index in [2.05, 4.69) is 4.98 Å². The van der Waals surface area contributed by atoms with Gasteiger partial charge < -0.3 is 15.2 Å². The number of methoxy groups -OCH3 is 2. The molecule has 0 bridgehead atoms. The second-order valence-corrected chi connectivity index (χ2v) is 2.32. The molecule has 3 N–H and O–H groups in total. The highest BCUT2D eigenvalue weighted by Crippen LogP contribution is 2.23. The van der Waals surface area contributed by atoms with Crippen LogP contribution in [0.2, 0.25) is 0 Å². The molecular weight excluding hydrogens is 170 g/mol. The lowest BCUT2D eigenvalue weighted by atomic mass is 10.3. The average Bonchev–Trinajstić information content (AvgIpc) is 2.16. The Morgan fingerprint density at radius 3 is 2.54 bits per heavy atom. The number of aromatic nitrogens is 1. The van der Waals surface area contributed by atoms with Gasteiger partial charge in [-0.05, 0) is 12.1 Å². The van der Waals surface area contributed by atoms with Crippen molar-refractivity contribution in [3.05, 3.63) is 17.8 Å². The van der Waals surface area contributed by atoms with Crippen LogP contribution < -0.4 is 15.2 Å². The molecule has 0 spiro atoms. The highest BCUT2D eigenvalue weighted by Gasteiger charge is 2.07. The van der Waals surface area contributed by atoms with Crippen LogP contribution in [0.25, 0.3) is 0 Å². The first-order valence-electron chi connectivity index (χ1n) is 3.62. The van der Waals surface area contributed by atoms with E-state index in [9.17, 15) is 0 Å². The first-order chi connectivity index (χ1) is 6.19. The summed E-state index contributed by atoms with van der Waals surface area (Å²) >= 11 is 0. The van der Waals surface area contributed by atoms with Crippen molar-refractivity contribution in [1.29, 1.82) is 5.41 Å². The van der Waals surface area contributed by atoms with E-state index in [1.165, 1.54) is 14.2 Å². The summed E-state index contributed by atoms with van der Waals surface area (Å²) in [5.41, 5.74) is 5.63. The number of amidine groups is 1. The molecule has 5 nitrogen and oxygen atoms in total. The molecule has 5 heteroatoms. The zero-order valence-electron chi connectivity index (χ0n) is 7.50. The standard InChI is InChI=1S/C8H11N3O2/c1-12-6-4-3-5(7(9)10)11-8(6)13-2/h3-4H,1-2H3,(H3,9,10). The third-order valence-electron chi connectivity index (χ3n) is 1.51. The van der Waals surface area contributed by atoms with Gasteiger partial charge in [-0.2, -0.15) is 0 Å². The minimum Gasteiger partial charge on any atom is -0.491 e. The fourth-order valence-electron chi connectivity index (χ4n) is 0.879. The second kappa shape index (κ2) is 3.75. The van der Waals surface area contributed by atoms with Crippen molar-refractivity contribution in [3.8, 4) is 11.6 Å². The van der Waals surface area contributed by atoms with Crippen molar-refractivity contribution in [2.24, 2.45) is 5.73 Å². The Morgan fingerprint density at radius 1 is 1.38 bits per heavy atom. The van der Waals surface area contributed by atoms with Crippen molar-refractivity contribution in [3.63, 3.8) is 0 Å². The maximum atomic E-state index is 7.15. The van der Waals surface area contributed by atoms with Crippen LogP contribution >= 0.6 is 0 Å². The van der Waals surface area contributed by atoms with Crippen LogP contribution in [0.3, 0.4) is 0 Å². The Labute approximate surface area is 76.0 Å². The summed E-state index contributed by atoms with van der Waals surface area (Å²) < 4.78 is 9.91. The second-order valence-electron chi connectivity index (χ2n) is 2.32. The van der Waals surface area contributed by atoms with E-state index in [0.717, 1.165) is 0 Å². The molecule has 1 heterocycles. The maximum Gasteiger partial charge on any atom is 0.257 e. The van der Waals surface area contributed by atoms with Gasteiger partial charge in [-0.15, -0.1) is 0 Å². The monoisotopic (exact) mass is 181 g/mol. The largest absolute Gasteiger partial charge is 0.491 e. The van der Waals surface area contributed by atoms with E-state index in [4.69, 9.17) is 20.6 Å². The van der Waals surface area contributed by atoms with Gasteiger partial charge in [-0.25, -0.2) is 4.98 Å². The first-order valence-corrected chi connectivity index (χ1v) is 3.62. The Kier molecular flexibility index (Phi) is 2.69. The number of nitrogen functional groups attached to an aromatic ring is 1. The summed E-state index contributed by atoms with van der Waals surface area (Å²) in [4.78, 5) is 3.96. The van der Waals surface area contributed by atoms with Gasteiger partial charge in [0.25, 0.3) is 5.88 Å². The van der Waals surface area contributed by atoms with Crippen LogP contribution in [0.4, 0.5) is 0 Å². The molecule has 0 amide bonds. The number of rotatable bonds is 3. The molecular formula is C8H11N3O2. The molecule has 0 radical (unpaired) electrons. The molecule has 0 saturated carbocycles. The van der Waals surface area contributed by atoms with E-state index in [-0.39, 0.29) is 5.84 Å². The third-order valence-corrected chi connectivity index (χ3v) is 1.51. The van der Waals surface area contributed by atoms with E-state index in [0.29, 0.717) is 17.3 Å². The number of nitrogens with zero attached hydrogens (tertiary/aromatic N) is 1. The summed E-state index contributed by atoms with van der Waals surface area (Å²) in [6.07, 6.45) is 0. The maximum absolute atomic E-state index is 7.15. The van der Waals surface area contributed by atoms with Crippen LogP contribution in [0, 0.1) is 5.41 Å². The highest BCUT2D eigenvalue weighted by molar-refractivity contribution is 5.93. The Morgan fingerprint density at radius 2 is 2.08 bits per heavy atom. The topological polar surface area (TPSA) is 81.2 Å². The SMILES string of the molecule is COc1ccc(C(=N)N)nc1OC. The molecule has 13 heavy (non-hydrogen) atoms. The lowest BCUT2D eigenvalue weighted by molar-refractivity contribution is 0.343. The van der Waals surface area contributed by atoms with Gasteiger partial charge in [0.1, 0.15) is 11.5 Å². The van der Waals surface area contributed by atoms with E-state index in [1.807, 2.05) is 0 Å². The summed E-state index contributed by atoms with van der Waals surface area (Å²) in [5.74, 6) is 0.753. The number of ether oxygens (including phenoxy) is 2. The summed E-state index contributed by atoms with van der Waals surface area (Å²) in [6, 6.07) is 3.26. The van der Waals surface area contributed by atoms with Crippen molar-refractivity contribution < 1.29 is 9.47 Å². The third kappa shape index (κ3) is 1.87. The molecule has 0 aliphatic carbocycles. The zero-order chi connectivity index (χ0) is 9.84. The zero-order valence-corrected chi connectivity index (χ0v) is 7.50. The quantitative estimate of drug-likeness (QED) is 0.522. The van der Waals surface area contributed by atoms with Gasteiger partial charge in [-0.3, -0.25) is 5.41 Å². The Hall–Kier alpha value is -1.78. The van der Waals surface area contributed by atoms with Crippen LogP contribution in [0.5, 0.6) is 11.6 Å². The van der Waals surface area contributed by atoms with Gasteiger partial charge in [-0.1, -0.05) is 0 Å². The molecule has 0 aliphatic rings. The van der Waals surface area contributed by atoms with E-state index < -0.39 is 0 Å². The van der Waals surface area contributed by atoms with E-state index >= 15 is 0 Å². The molecule has 0 fully saturated rings. The van der Waals surface area contributed by atoms with Crippen molar-refractivity contribution in [2.75, 3.05) is 14.2 Å². The summed E-state index contributed by atoms with van der Waals surface area (Å²) in [5, 5.41) is 7.15. The molecule has 0 atom stereocenters. The number of hydrogen-bond donors (Lipinski definition) is 2. The molecule has 0 saturated heterocycles. The highest BCUT2D eigenvalue weighted by atomic mass is 16.5. The smallest absolute Gasteiger partial charge is 0.257 e. The van der Waals surface area contributed by atoms with Crippen LogP contribution in [-0.2, 0) is 0 Å². The fourth-order valence-corrected chi connectivity index (χ4v) is 0.879. The van der Waals surface area contributed by atoms with Gasteiger partial charge >= 0.3 is 0 Å². The van der Waals surface area contributed by atoms with Crippen LogP contribution in [-0.4, -0.2) is 25.0 Å². The fraction of sp³-hybridized carbons (Fsp3) is 0.250. The molecule has 70 valence electrons. The normalized spacial score (nSPS) is 9.38. The predicted octanol–water partition coefficient (Wildman–Crippen LogP) is 0.383. The van der Waals surface area contributed by atoms with Gasteiger partial charge in [0, 0.05) is 0 Å². The number of pyridine rings is 1. The lowest BCUT2D eigenvalue weighted by Gasteiger charge is -2.06. The van der Waals surface area contributed by atoms with Gasteiger partial charge in [0.15, 0.2) is 5.75 Å². The molecule has 0 unspecified atom stereocenters. The molecule has 0 aliphatic heterocycles. The average molecular weight is 181 g/mol. The molecule has 0 aromatic carbocycles.